The Bertz CT molecular complexity index is 760. The number of carbonyl (C=O) groups excluding carboxylic acids is 1. The van der Waals surface area contributed by atoms with Crippen LogP contribution in [0.25, 0.3) is 0 Å². The summed E-state index contributed by atoms with van der Waals surface area (Å²) in [5.41, 5.74) is 1.99. The first kappa shape index (κ1) is 16.2. The van der Waals surface area contributed by atoms with Crippen LogP contribution in [-0.4, -0.2) is 35.5 Å². The maximum atomic E-state index is 13.5. The van der Waals surface area contributed by atoms with Gasteiger partial charge in [0.15, 0.2) is 0 Å². The molecule has 0 saturated carbocycles. The van der Waals surface area contributed by atoms with E-state index in [-0.39, 0.29) is 18.1 Å². The molecular formula is C21H24N2O2. The first-order valence-electron chi connectivity index (χ1n) is 9.00. The lowest BCUT2D eigenvalue weighted by atomic mass is 10.1. The lowest BCUT2D eigenvalue weighted by molar-refractivity contribution is -0.123. The normalized spacial score (nSPS) is 23.2. The quantitative estimate of drug-likeness (QED) is 0.860. The Balaban J connectivity index is 1.75. The molecule has 2 aliphatic heterocycles. The van der Waals surface area contributed by atoms with Gasteiger partial charge < -0.3 is 9.64 Å². The van der Waals surface area contributed by atoms with Crippen LogP contribution in [0.3, 0.4) is 0 Å². The van der Waals surface area contributed by atoms with Crippen molar-refractivity contribution in [3.63, 3.8) is 0 Å². The summed E-state index contributed by atoms with van der Waals surface area (Å²) in [4.78, 5) is 17.6. The molecule has 4 nitrogen and oxygen atoms in total. The van der Waals surface area contributed by atoms with Gasteiger partial charge >= 0.3 is 0 Å². The van der Waals surface area contributed by atoms with E-state index in [9.17, 15) is 4.79 Å². The summed E-state index contributed by atoms with van der Waals surface area (Å²) in [5.74, 6) is 0.983. The number of benzene rings is 2. The molecule has 0 radical (unpaired) electrons. The fraction of sp³-hybridized carbons (Fsp3) is 0.381. The number of hydrogen-bond acceptors (Lipinski definition) is 3. The first-order chi connectivity index (χ1) is 12.1. The van der Waals surface area contributed by atoms with Crippen LogP contribution >= 0.6 is 0 Å². The zero-order valence-electron chi connectivity index (χ0n) is 14.8. The number of nitrogens with zero attached hydrogens (tertiary/aromatic N) is 2. The standard InChI is InChI=1S/C21H24N2O2/c1-15(2)22-14-17-12-19(22)21(24)23(13-16-8-4-3-5-9-16)18-10-6-7-11-20(18)25-17/h3-11,15,17,19H,12-14H2,1-2H3. The molecular weight excluding hydrogens is 312 g/mol. The summed E-state index contributed by atoms with van der Waals surface area (Å²) in [6.45, 7) is 5.67. The Hall–Kier alpha value is -2.33. The molecule has 2 aliphatic rings. The number of rotatable bonds is 3. The monoisotopic (exact) mass is 336 g/mol. The molecule has 0 spiro atoms. The summed E-state index contributed by atoms with van der Waals surface area (Å²) in [7, 11) is 0. The average Bonchev–Trinajstić information content (AvgIpc) is 3.05. The topological polar surface area (TPSA) is 32.8 Å². The summed E-state index contributed by atoms with van der Waals surface area (Å²) in [5, 5.41) is 0. The van der Waals surface area contributed by atoms with Gasteiger partial charge in [-0.1, -0.05) is 42.5 Å². The Labute approximate surface area is 149 Å². The molecule has 2 aromatic rings. The van der Waals surface area contributed by atoms with Crippen molar-refractivity contribution in [2.75, 3.05) is 11.4 Å². The molecule has 25 heavy (non-hydrogen) atoms. The summed E-state index contributed by atoms with van der Waals surface area (Å²) < 4.78 is 6.29. The van der Waals surface area contributed by atoms with Crippen molar-refractivity contribution in [2.45, 2.75) is 45.0 Å². The molecule has 4 rings (SSSR count). The van der Waals surface area contributed by atoms with Gasteiger partial charge in [0.1, 0.15) is 11.9 Å². The SMILES string of the molecule is CC(C)N1CC2CC1C(=O)N(Cc1ccccc1)c1ccccc1O2. The number of amides is 1. The molecule has 0 aromatic heterocycles. The van der Waals surface area contributed by atoms with E-state index < -0.39 is 0 Å². The van der Waals surface area contributed by atoms with Crippen LogP contribution in [0.5, 0.6) is 5.75 Å². The third-order valence-electron chi connectivity index (χ3n) is 5.15. The molecule has 0 N–H and O–H groups in total. The van der Waals surface area contributed by atoms with Gasteiger partial charge in [-0.3, -0.25) is 9.69 Å². The van der Waals surface area contributed by atoms with Crippen molar-refractivity contribution in [2.24, 2.45) is 0 Å². The van der Waals surface area contributed by atoms with Crippen LogP contribution in [0, 0.1) is 0 Å². The predicted octanol–water partition coefficient (Wildman–Crippen LogP) is 3.46. The van der Waals surface area contributed by atoms with E-state index in [1.54, 1.807) is 0 Å². The van der Waals surface area contributed by atoms with Crippen LogP contribution in [-0.2, 0) is 11.3 Å². The number of para-hydroxylation sites is 2. The Kier molecular flexibility index (Phi) is 4.22. The van der Waals surface area contributed by atoms with Crippen LogP contribution < -0.4 is 9.64 Å². The maximum Gasteiger partial charge on any atom is 0.244 e. The van der Waals surface area contributed by atoms with E-state index in [1.165, 1.54) is 0 Å². The van der Waals surface area contributed by atoms with E-state index in [0.29, 0.717) is 12.6 Å². The van der Waals surface area contributed by atoms with Crippen molar-refractivity contribution < 1.29 is 9.53 Å². The number of fused-ring (bicyclic) bond motifs is 3. The summed E-state index contributed by atoms with van der Waals surface area (Å²) in [6, 6.07) is 18.3. The number of likely N-dealkylation sites (tertiary alicyclic amines) is 1. The van der Waals surface area contributed by atoms with Gasteiger partial charge in [0.05, 0.1) is 18.3 Å². The van der Waals surface area contributed by atoms with Crippen LogP contribution in [0.1, 0.15) is 25.8 Å². The van der Waals surface area contributed by atoms with Crippen LogP contribution in [0.15, 0.2) is 54.6 Å². The average molecular weight is 336 g/mol. The minimum atomic E-state index is -0.109. The highest BCUT2D eigenvalue weighted by atomic mass is 16.5. The zero-order valence-corrected chi connectivity index (χ0v) is 14.8. The molecule has 2 atom stereocenters. The van der Waals surface area contributed by atoms with Crippen LogP contribution in [0.4, 0.5) is 5.69 Å². The first-order valence-corrected chi connectivity index (χ1v) is 9.00. The van der Waals surface area contributed by atoms with E-state index >= 15 is 0 Å². The minimum absolute atomic E-state index is 0.0800. The lowest BCUT2D eigenvalue weighted by Gasteiger charge is -2.33. The molecule has 0 aliphatic carbocycles. The second kappa shape index (κ2) is 6.52. The number of hydrogen-bond donors (Lipinski definition) is 0. The van der Waals surface area contributed by atoms with E-state index in [4.69, 9.17) is 4.74 Å². The maximum absolute atomic E-state index is 13.5. The molecule has 130 valence electrons. The molecule has 2 aromatic carbocycles. The Morgan fingerprint density at radius 1 is 1.08 bits per heavy atom. The van der Waals surface area contributed by atoms with Gasteiger partial charge in [-0.15, -0.1) is 0 Å². The number of carbonyl (C=O) groups is 1. The van der Waals surface area contributed by atoms with Gasteiger partial charge in [-0.05, 0) is 31.5 Å². The third kappa shape index (κ3) is 3.02. The van der Waals surface area contributed by atoms with E-state index in [1.807, 2.05) is 47.4 Å². The largest absolute Gasteiger partial charge is 0.487 e. The van der Waals surface area contributed by atoms with Crippen molar-refractivity contribution in [3.8, 4) is 5.75 Å². The van der Waals surface area contributed by atoms with Gasteiger partial charge in [0, 0.05) is 19.0 Å². The molecule has 2 unspecified atom stereocenters. The van der Waals surface area contributed by atoms with Gasteiger partial charge in [0.25, 0.3) is 0 Å². The number of anilines is 1. The highest BCUT2D eigenvalue weighted by Gasteiger charge is 2.43. The summed E-state index contributed by atoms with van der Waals surface area (Å²) >= 11 is 0. The molecule has 1 amide bonds. The van der Waals surface area contributed by atoms with Gasteiger partial charge in [0.2, 0.25) is 5.91 Å². The van der Waals surface area contributed by atoms with Gasteiger partial charge in [-0.25, -0.2) is 0 Å². The second-order valence-electron chi connectivity index (χ2n) is 7.16. The Morgan fingerprint density at radius 3 is 2.56 bits per heavy atom. The van der Waals surface area contributed by atoms with Crippen molar-refractivity contribution >= 4 is 11.6 Å². The fourth-order valence-corrected chi connectivity index (χ4v) is 3.91. The highest BCUT2D eigenvalue weighted by Crippen LogP contribution is 2.37. The molecule has 2 bridgehead atoms. The Morgan fingerprint density at radius 2 is 1.80 bits per heavy atom. The highest BCUT2D eigenvalue weighted by molar-refractivity contribution is 5.99. The summed E-state index contributed by atoms with van der Waals surface area (Å²) in [6.07, 6.45) is 0.841. The number of ether oxygens (including phenoxy) is 1. The van der Waals surface area contributed by atoms with Crippen molar-refractivity contribution in [3.05, 3.63) is 60.2 Å². The zero-order chi connectivity index (χ0) is 17.4. The minimum Gasteiger partial charge on any atom is -0.487 e. The van der Waals surface area contributed by atoms with Crippen molar-refractivity contribution in [1.29, 1.82) is 0 Å². The lowest BCUT2D eigenvalue weighted by Crippen LogP contribution is -2.48. The molecule has 2 heterocycles. The van der Waals surface area contributed by atoms with Crippen LogP contribution in [0.2, 0.25) is 0 Å². The molecule has 4 heteroatoms. The van der Waals surface area contributed by atoms with E-state index in [2.05, 4.69) is 30.9 Å². The predicted molar refractivity (Wildman–Crippen MR) is 98.7 cm³/mol. The van der Waals surface area contributed by atoms with E-state index in [0.717, 1.165) is 30.0 Å². The fourth-order valence-electron chi connectivity index (χ4n) is 3.91. The van der Waals surface area contributed by atoms with Crippen molar-refractivity contribution in [1.82, 2.24) is 4.90 Å². The van der Waals surface area contributed by atoms with Gasteiger partial charge in [-0.2, -0.15) is 0 Å². The third-order valence-corrected chi connectivity index (χ3v) is 5.15. The second-order valence-corrected chi connectivity index (χ2v) is 7.16. The smallest absolute Gasteiger partial charge is 0.244 e. The molecule has 1 fully saturated rings. The molecule has 1 saturated heterocycles.